The first-order chi connectivity index (χ1) is 9.54. The molecule has 0 saturated carbocycles. The molecule has 0 aliphatic rings. The van der Waals surface area contributed by atoms with Gasteiger partial charge < -0.3 is 15.4 Å². The van der Waals surface area contributed by atoms with Crippen LogP contribution in [0, 0.1) is 0 Å². The average molecular weight is 292 g/mol. The van der Waals surface area contributed by atoms with Crippen LogP contribution in [0.1, 0.15) is 10.5 Å². The molecule has 0 bridgehead atoms. The number of hydrogen-bond acceptors (Lipinski definition) is 4. The van der Waals surface area contributed by atoms with E-state index in [1.54, 1.807) is 38.4 Å². The summed E-state index contributed by atoms with van der Waals surface area (Å²) in [5, 5.41) is 0.256. The highest BCUT2D eigenvalue weighted by Crippen LogP contribution is 2.28. The number of nitrogens with zero attached hydrogens (tertiary/aromatic N) is 2. The third kappa shape index (κ3) is 2.67. The van der Waals surface area contributed by atoms with Gasteiger partial charge in [0.05, 0.1) is 17.8 Å². The van der Waals surface area contributed by atoms with Gasteiger partial charge in [-0.1, -0.05) is 23.7 Å². The topological polar surface area (TPSA) is 68.5 Å². The van der Waals surface area contributed by atoms with Crippen LogP contribution in [-0.2, 0) is 0 Å². The fourth-order valence-corrected chi connectivity index (χ4v) is 1.97. The average Bonchev–Trinajstić information content (AvgIpc) is 2.48. The van der Waals surface area contributed by atoms with Crippen LogP contribution in [0.25, 0.3) is 0 Å². The number of nitrogen functional groups attached to an aromatic ring is 1. The van der Waals surface area contributed by atoms with Crippen LogP contribution >= 0.6 is 11.6 Å². The summed E-state index contributed by atoms with van der Waals surface area (Å²) >= 11 is 6.00. The van der Waals surface area contributed by atoms with E-state index in [1.807, 2.05) is 12.1 Å². The number of carbonyl (C=O) groups is 1. The Hall–Kier alpha value is -2.27. The van der Waals surface area contributed by atoms with Gasteiger partial charge in [0, 0.05) is 7.05 Å². The largest absolute Gasteiger partial charge is 0.495 e. The van der Waals surface area contributed by atoms with Gasteiger partial charge in [0.15, 0.2) is 0 Å². The highest BCUT2D eigenvalue weighted by atomic mass is 35.5. The Bertz CT molecular complexity index is 646. The molecule has 1 amide bonds. The van der Waals surface area contributed by atoms with E-state index >= 15 is 0 Å². The number of pyridine rings is 1. The lowest BCUT2D eigenvalue weighted by atomic mass is 10.2. The minimum absolute atomic E-state index is 0.111. The van der Waals surface area contributed by atoms with E-state index in [-0.39, 0.29) is 22.4 Å². The number of methoxy groups -OCH3 is 1. The van der Waals surface area contributed by atoms with Crippen LogP contribution in [0.5, 0.6) is 5.75 Å². The van der Waals surface area contributed by atoms with E-state index in [0.717, 1.165) is 0 Å². The molecule has 0 unspecified atom stereocenters. The number of ether oxygens (including phenoxy) is 1. The Morgan fingerprint density at radius 2 is 2.00 bits per heavy atom. The SMILES string of the molecule is COc1ccccc1N(C)C(=O)c1nc(N)ccc1Cl. The number of rotatable bonds is 3. The van der Waals surface area contributed by atoms with Crippen molar-refractivity contribution in [3.05, 3.63) is 47.1 Å². The first-order valence-corrected chi connectivity index (χ1v) is 6.25. The van der Waals surface area contributed by atoms with Crippen LogP contribution in [0.15, 0.2) is 36.4 Å². The van der Waals surface area contributed by atoms with Crippen molar-refractivity contribution in [1.29, 1.82) is 0 Å². The number of anilines is 2. The molecule has 104 valence electrons. The standard InChI is InChI=1S/C14H14ClN3O2/c1-18(10-5-3-4-6-11(10)20-2)14(19)13-9(15)7-8-12(16)17-13/h3-8H,1-2H3,(H2,16,17). The molecule has 2 rings (SSSR count). The van der Waals surface area contributed by atoms with Gasteiger partial charge in [-0.25, -0.2) is 4.98 Å². The van der Waals surface area contributed by atoms with E-state index < -0.39 is 0 Å². The lowest BCUT2D eigenvalue weighted by molar-refractivity contribution is 0.0988. The Morgan fingerprint density at radius 3 is 2.70 bits per heavy atom. The molecule has 0 saturated heterocycles. The van der Waals surface area contributed by atoms with Gasteiger partial charge in [-0.2, -0.15) is 0 Å². The molecule has 0 fully saturated rings. The smallest absolute Gasteiger partial charge is 0.278 e. The molecule has 0 spiro atoms. The van der Waals surface area contributed by atoms with Crippen molar-refractivity contribution in [2.75, 3.05) is 24.8 Å². The maximum Gasteiger partial charge on any atom is 0.278 e. The van der Waals surface area contributed by atoms with Crippen LogP contribution in [-0.4, -0.2) is 25.0 Å². The monoisotopic (exact) mass is 291 g/mol. The van der Waals surface area contributed by atoms with Crippen LogP contribution in [0.3, 0.4) is 0 Å². The zero-order chi connectivity index (χ0) is 14.7. The predicted molar refractivity (Wildman–Crippen MR) is 79.4 cm³/mol. The van der Waals surface area contributed by atoms with E-state index in [9.17, 15) is 4.79 Å². The summed E-state index contributed by atoms with van der Waals surface area (Å²) in [5.74, 6) is 0.473. The molecule has 2 aromatic rings. The first kappa shape index (κ1) is 14.1. The van der Waals surface area contributed by atoms with Gasteiger partial charge >= 0.3 is 0 Å². The molecule has 1 aromatic heterocycles. The minimum atomic E-state index is -0.355. The van der Waals surface area contributed by atoms with Crippen LogP contribution < -0.4 is 15.4 Å². The Morgan fingerprint density at radius 1 is 1.30 bits per heavy atom. The molecule has 0 atom stereocenters. The molecule has 0 radical (unpaired) electrons. The number of aromatic nitrogens is 1. The van der Waals surface area contributed by atoms with Crippen molar-refractivity contribution in [3.63, 3.8) is 0 Å². The number of hydrogen-bond donors (Lipinski definition) is 1. The Balaban J connectivity index is 2.40. The Kier molecular flexibility index (Phi) is 4.10. The van der Waals surface area contributed by atoms with Crippen LogP contribution in [0.4, 0.5) is 11.5 Å². The second kappa shape index (κ2) is 5.79. The fraction of sp³-hybridized carbons (Fsp3) is 0.143. The van der Waals surface area contributed by atoms with Crippen molar-refractivity contribution in [1.82, 2.24) is 4.98 Å². The molecule has 6 heteroatoms. The van der Waals surface area contributed by atoms with E-state index in [2.05, 4.69) is 4.98 Å². The molecule has 0 aliphatic heterocycles. The van der Waals surface area contributed by atoms with Gasteiger partial charge in [-0.3, -0.25) is 4.79 Å². The zero-order valence-corrected chi connectivity index (χ0v) is 11.9. The molecule has 20 heavy (non-hydrogen) atoms. The molecule has 5 nitrogen and oxygen atoms in total. The van der Waals surface area contributed by atoms with E-state index in [0.29, 0.717) is 11.4 Å². The predicted octanol–water partition coefficient (Wildman–Crippen LogP) is 2.60. The third-order valence-corrected chi connectivity index (χ3v) is 3.13. The fourth-order valence-electron chi connectivity index (χ4n) is 1.78. The van der Waals surface area contributed by atoms with E-state index in [4.69, 9.17) is 22.1 Å². The zero-order valence-electron chi connectivity index (χ0n) is 11.1. The maximum absolute atomic E-state index is 12.5. The van der Waals surface area contributed by atoms with Crippen molar-refractivity contribution in [2.45, 2.75) is 0 Å². The van der Waals surface area contributed by atoms with Gasteiger partial charge in [0.25, 0.3) is 5.91 Å². The van der Waals surface area contributed by atoms with Crippen LogP contribution in [0.2, 0.25) is 5.02 Å². The minimum Gasteiger partial charge on any atom is -0.495 e. The molecule has 2 N–H and O–H groups in total. The van der Waals surface area contributed by atoms with Gasteiger partial charge in [0.1, 0.15) is 17.3 Å². The number of carbonyl (C=O) groups excluding carboxylic acids is 1. The van der Waals surface area contributed by atoms with Crippen molar-refractivity contribution in [2.24, 2.45) is 0 Å². The molecule has 0 aliphatic carbocycles. The quantitative estimate of drug-likeness (QED) is 0.944. The third-order valence-electron chi connectivity index (χ3n) is 2.82. The molecular formula is C14H14ClN3O2. The van der Waals surface area contributed by atoms with Gasteiger partial charge in [0.2, 0.25) is 0 Å². The van der Waals surface area contributed by atoms with Crippen molar-refractivity contribution in [3.8, 4) is 5.75 Å². The number of nitrogens with two attached hydrogens (primary N) is 1. The molecule has 1 heterocycles. The number of amides is 1. The lowest BCUT2D eigenvalue weighted by Crippen LogP contribution is -2.28. The normalized spacial score (nSPS) is 10.2. The highest BCUT2D eigenvalue weighted by Gasteiger charge is 2.20. The second-order valence-corrected chi connectivity index (χ2v) is 4.51. The number of benzene rings is 1. The summed E-state index contributed by atoms with van der Waals surface area (Å²) < 4.78 is 5.23. The van der Waals surface area contributed by atoms with Gasteiger partial charge in [-0.05, 0) is 24.3 Å². The first-order valence-electron chi connectivity index (χ1n) is 5.87. The number of para-hydroxylation sites is 2. The number of halogens is 1. The summed E-state index contributed by atoms with van der Waals surface area (Å²) in [7, 11) is 3.17. The summed E-state index contributed by atoms with van der Waals surface area (Å²) in [5.41, 5.74) is 6.33. The van der Waals surface area contributed by atoms with Gasteiger partial charge in [-0.15, -0.1) is 0 Å². The summed E-state index contributed by atoms with van der Waals surface area (Å²) in [6.45, 7) is 0. The van der Waals surface area contributed by atoms with Crippen molar-refractivity contribution < 1.29 is 9.53 Å². The maximum atomic E-state index is 12.5. The van der Waals surface area contributed by atoms with E-state index in [1.165, 1.54) is 4.90 Å². The summed E-state index contributed by atoms with van der Waals surface area (Å²) in [4.78, 5) is 17.9. The summed E-state index contributed by atoms with van der Waals surface area (Å²) in [6, 6.07) is 10.3. The lowest BCUT2D eigenvalue weighted by Gasteiger charge is -2.20. The summed E-state index contributed by atoms with van der Waals surface area (Å²) in [6.07, 6.45) is 0. The molecular weight excluding hydrogens is 278 g/mol. The highest BCUT2D eigenvalue weighted by molar-refractivity contribution is 6.34. The molecule has 1 aromatic carbocycles. The second-order valence-electron chi connectivity index (χ2n) is 4.10. The van der Waals surface area contributed by atoms with Crippen molar-refractivity contribution >= 4 is 29.0 Å². The Labute approximate surface area is 121 Å².